The topological polar surface area (TPSA) is 33.5 Å². The number of Topliss-reactive ketones (excluding diaryl/α,β-unsaturated/α-hetero) is 1. The summed E-state index contributed by atoms with van der Waals surface area (Å²) in [6.45, 7) is 3.08. The molecule has 1 fully saturated rings. The van der Waals surface area contributed by atoms with Gasteiger partial charge in [-0.25, -0.2) is 0 Å². The van der Waals surface area contributed by atoms with Crippen molar-refractivity contribution >= 4 is 21.7 Å². The van der Waals surface area contributed by atoms with E-state index in [1.54, 1.807) is 6.07 Å². The van der Waals surface area contributed by atoms with Gasteiger partial charge in [0, 0.05) is 23.0 Å². The zero-order valence-corrected chi connectivity index (χ0v) is 13.4. The second-order valence-corrected chi connectivity index (χ2v) is 6.31. The molecule has 3 rings (SSSR count). The van der Waals surface area contributed by atoms with E-state index in [4.69, 9.17) is 4.42 Å². The van der Waals surface area contributed by atoms with Gasteiger partial charge in [-0.1, -0.05) is 28.1 Å². The predicted octanol–water partition coefficient (Wildman–Crippen LogP) is 4.38. The van der Waals surface area contributed by atoms with E-state index in [2.05, 4.69) is 20.8 Å². The predicted molar refractivity (Wildman–Crippen MR) is 86.5 cm³/mol. The number of benzene rings is 1. The van der Waals surface area contributed by atoms with Crippen molar-refractivity contribution in [2.24, 2.45) is 0 Å². The van der Waals surface area contributed by atoms with Crippen LogP contribution in [0.15, 0.2) is 45.3 Å². The van der Waals surface area contributed by atoms with E-state index in [9.17, 15) is 4.79 Å². The van der Waals surface area contributed by atoms with E-state index in [0.29, 0.717) is 12.2 Å². The number of nitrogens with zero attached hydrogens (tertiary/aromatic N) is 1. The molecule has 3 nitrogen and oxygen atoms in total. The summed E-state index contributed by atoms with van der Waals surface area (Å²) >= 11 is 3.41. The number of rotatable bonds is 5. The van der Waals surface area contributed by atoms with Gasteiger partial charge in [-0.3, -0.25) is 4.79 Å². The lowest BCUT2D eigenvalue weighted by Crippen LogP contribution is -2.22. The third-order valence-corrected chi connectivity index (χ3v) is 4.39. The first-order chi connectivity index (χ1) is 10.2. The van der Waals surface area contributed by atoms with Crippen LogP contribution in [-0.4, -0.2) is 30.3 Å². The average Bonchev–Trinajstić information content (AvgIpc) is 3.17. The van der Waals surface area contributed by atoms with E-state index in [1.165, 1.54) is 12.8 Å². The molecular weight excluding hydrogens is 330 g/mol. The Morgan fingerprint density at radius 1 is 1.10 bits per heavy atom. The SMILES string of the molecule is O=C(CCN1CCCC1)c1ccc(-c2ccc(Br)cc2)o1. The first kappa shape index (κ1) is 14.5. The van der Waals surface area contributed by atoms with Gasteiger partial charge < -0.3 is 9.32 Å². The number of furan rings is 1. The molecule has 1 aliphatic heterocycles. The first-order valence-electron chi connectivity index (χ1n) is 7.34. The summed E-state index contributed by atoms with van der Waals surface area (Å²) < 4.78 is 6.73. The number of ketones is 1. The minimum absolute atomic E-state index is 0.0882. The number of carbonyl (C=O) groups is 1. The molecule has 0 spiro atoms. The van der Waals surface area contributed by atoms with E-state index < -0.39 is 0 Å². The lowest BCUT2D eigenvalue weighted by Gasteiger charge is -2.12. The molecule has 1 aromatic carbocycles. The summed E-state index contributed by atoms with van der Waals surface area (Å²) in [6, 6.07) is 11.5. The Bertz CT molecular complexity index is 612. The summed E-state index contributed by atoms with van der Waals surface area (Å²) in [5.74, 6) is 1.30. The Labute approximate surface area is 133 Å². The Balaban J connectivity index is 1.63. The summed E-state index contributed by atoms with van der Waals surface area (Å²) in [7, 11) is 0. The Morgan fingerprint density at radius 3 is 2.52 bits per heavy atom. The van der Waals surface area contributed by atoms with Gasteiger partial charge in [0.2, 0.25) is 0 Å². The Morgan fingerprint density at radius 2 is 1.81 bits per heavy atom. The molecule has 0 amide bonds. The molecule has 0 saturated carbocycles. The summed E-state index contributed by atoms with van der Waals surface area (Å²) in [5, 5.41) is 0. The highest BCUT2D eigenvalue weighted by atomic mass is 79.9. The van der Waals surface area contributed by atoms with E-state index in [0.717, 1.165) is 35.4 Å². The second kappa shape index (κ2) is 6.58. The Kier molecular flexibility index (Phi) is 4.56. The monoisotopic (exact) mass is 347 g/mol. The van der Waals surface area contributed by atoms with Crippen molar-refractivity contribution in [1.29, 1.82) is 0 Å². The standard InChI is InChI=1S/C17H18BrNO2/c18-14-5-3-13(4-6-14)16-7-8-17(21-16)15(20)9-12-19-10-1-2-11-19/h3-8H,1-2,9-12H2. The van der Waals surface area contributed by atoms with Crippen molar-refractivity contribution in [1.82, 2.24) is 4.90 Å². The van der Waals surface area contributed by atoms with Crippen LogP contribution in [0.25, 0.3) is 11.3 Å². The highest BCUT2D eigenvalue weighted by Crippen LogP contribution is 2.24. The number of likely N-dealkylation sites (tertiary alicyclic amines) is 1. The third-order valence-electron chi connectivity index (χ3n) is 3.86. The number of halogens is 1. The normalized spacial score (nSPS) is 15.5. The van der Waals surface area contributed by atoms with Gasteiger partial charge in [-0.05, 0) is 50.2 Å². The highest BCUT2D eigenvalue weighted by Gasteiger charge is 2.16. The van der Waals surface area contributed by atoms with Gasteiger partial charge in [0.05, 0.1) is 0 Å². The molecule has 1 aliphatic rings. The molecule has 110 valence electrons. The zero-order valence-electron chi connectivity index (χ0n) is 11.8. The molecule has 2 heterocycles. The van der Waals surface area contributed by atoms with Gasteiger partial charge >= 0.3 is 0 Å². The molecular formula is C17H18BrNO2. The van der Waals surface area contributed by atoms with Crippen molar-refractivity contribution in [2.75, 3.05) is 19.6 Å². The highest BCUT2D eigenvalue weighted by molar-refractivity contribution is 9.10. The van der Waals surface area contributed by atoms with Crippen molar-refractivity contribution in [3.8, 4) is 11.3 Å². The molecule has 0 radical (unpaired) electrons. The lowest BCUT2D eigenvalue weighted by atomic mass is 10.2. The molecule has 1 aromatic heterocycles. The van der Waals surface area contributed by atoms with Crippen LogP contribution in [0.1, 0.15) is 29.8 Å². The van der Waals surface area contributed by atoms with Crippen molar-refractivity contribution in [2.45, 2.75) is 19.3 Å². The van der Waals surface area contributed by atoms with E-state index >= 15 is 0 Å². The maximum absolute atomic E-state index is 12.2. The fourth-order valence-electron chi connectivity index (χ4n) is 2.65. The molecule has 0 atom stereocenters. The lowest BCUT2D eigenvalue weighted by molar-refractivity contribution is 0.0943. The third kappa shape index (κ3) is 3.63. The molecule has 0 N–H and O–H groups in total. The van der Waals surface area contributed by atoms with Crippen LogP contribution in [0, 0.1) is 0 Å². The van der Waals surface area contributed by atoms with Crippen LogP contribution >= 0.6 is 15.9 Å². The van der Waals surface area contributed by atoms with Crippen molar-refractivity contribution in [3.05, 3.63) is 46.6 Å². The quantitative estimate of drug-likeness (QED) is 0.752. The minimum atomic E-state index is 0.0882. The largest absolute Gasteiger partial charge is 0.453 e. The smallest absolute Gasteiger partial charge is 0.199 e. The minimum Gasteiger partial charge on any atom is -0.453 e. The Hall–Kier alpha value is -1.39. The molecule has 1 saturated heterocycles. The van der Waals surface area contributed by atoms with Crippen LogP contribution in [0.5, 0.6) is 0 Å². The summed E-state index contributed by atoms with van der Waals surface area (Å²) in [4.78, 5) is 14.5. The van der Waals surface area contributed by atoms with E-state index in [1.807, 2.05) is 30.3 Å². The first-order valence-corrected chi connectivity index (χ1v) is 8.13. The fourth-order valence-corrected chi connectivity index (χ4v) is 2.91. The van der Waals surface area contributed by atoms with Crippen LogP contribution in [0.3, 0.4) is 0 Å². The van der Waals surface area contributed by atoms with Crippen molar-refractivity contribution in [3.63, 3.8) is 0 Å². The number of hydrogen-bond acceptors (Lipinski definition) is 3. The molecule has 0 aliphatic carbocycles. The van der Waals surface area contributed by atoms with Gasteiger partial charge in [-0.15, -0.1) is 0 Å². The van der Waals surface area contributed by atoms with Gasteiger partial charge in [-0.2, -0.15) is 0 Å². The molecule has 21 heavy (non-hydrogen) atoms. The molecule has 0 bridgehead atoms. The fraction of sp³-hybridized carbons (Fsp3) is 0.353. The second-order valence-electron chi connectivity index (χ2n) is 5.39. The van der Waals surface area contributed by atoms with Gasteiger partial charge in [0.25, 0.3) is 0 Å². The van der Waals surface area contributed by atoms with Gasteiger partial charge in [0.1, 0.15) is 5.76 Å². The van der Waals surface area contributed by atoms with Crippen LogP contribution in [-0.2, 0) is 0 Å². The van der Waals surface area contributed by atoms with Crippen LogP contribution in [0.2, 0.25) is 0 Å². The van der Waals surface area contributed by atoms with Gasteiger partial charge in [0.15, 0.2) is 11.5 Å². The average molecular weight is 348 g/mol. The maximum atomic E-state index is 12.2. The number of carbonyl (C=O) groups excluding carboxylic acids is 1. The van der Waals surface area contributed by atoms with Crippen molar-refractivity contribution < 1.29 is 9.21 Å². The molecule has 0 unspecified atom stereocenters. The molecule has 2 aromatic rings. The van der Waals surface area contributed by atoms with E-state index in [-0.39, 0.29) is 5.78 Å². The molecule has 4 heteroatoms. The van der Waals surface area contributed by atoms with Crippen LogP contribution in [0.4, 0.5) is 0 Å². The zero-order chi connectivity index (χ0) is 14.7. The summed E-state index contributed by atoms with van der Waals surface area (Å²) in [5.41, 5.74) is 0.983. The van der Waals surface area contributed by atoms with Crippen LogP contribution < -0.4 is 0 Å². The summed E-state index contributed by atoms with van der Waals surface area (Å²) in [6.07, 6.45) is 3.04. The number of hydrogen-bond donors (Lipinski definition) is 0. The maximum Gasteiger partial charge on any atom is 0.199 e.